The lowest BCUT2D eigenvalue weighted by Crippen LogP contribution is -2.30. The number of hydrogen-bond acceptors (Lipinski definition) is 2. The summed E-state index contributed by atoms with van der Waals surface area (Å²) in [6.45, 7) is 3.73. The van der Waals surface area contributed by atoms with Gasteiger partial charge >= 0.3 is 0 Å². The molecule has 0 amide bonds. The largest absolute Gasteiger partial charge is 0.392 e. The normalized spacial score (nSPS) is 18.7. The molecule has 2 atom stereocenters. The summed E-state index contributed by atoms with van der Waals surface area (Å²) in [5, 5.41) is 12.8. The first-order valence-electron chi connectivity index (χ1n) is 6.36. The SMILES string of the molecule is Cc1cc(F)c(C(C)NCC(O)C2CC2)cc1F. The Morgan fingerprint density at radius 3 is 2.61 bits per heavy atom. The number of benzene rings is 1. The van der Waals surface area contributed by atoms with Gasteiger partial charge in [-0.05, 0) is 50.3 Å². The molecule has 2 unspecified atom stereocenters. The molecule has 1 fully saturated rings. The topological polar surface area (TPSA) is 32.3 Å². The third-order valence-electron chi connectivity index (χ3n) is 3.54. The van der Waals surface area contributed by atoms with Crippen LogP contribution < -0.4 is 5.32 Å². The molecule has 1 saturated carbocycles. The second kappa shape index (κ2) is 5.33. The van der Waals surface area contributed by atoms with Crippen molar-refractivity contribution < 1.29 is 13.9 Å². The third kappa shape index (κ3) is 3.06. The van der Waals surface area contributed by atoms with Crippen LogP contribution in [0.1, 0.15) is 36.9 Å². The van der Waals surface area contributed by atoms with E-state index in [-0.39, 0.29) is 12.1 Å². The van der Waals surface area contributed by atoms with Gasteiger partial charge in [0.1, 0.15) is 11.6 Å². The number of aliphatic hydroxyl groups excluding tert-OH is 1. The maximum atomic E-state index is 13.7. The monoisotopic (exact) mass is 255 g/mol. The number of halogens is 2. The highest BCUT2D eigenvalue weighted by Crippen LogP contribution is 2.32. The summed E-state index contributed by atoms with van der Waals surface area (Å²) in [4.78, 5) is 0. The van der Waals surface area contributed by atoms with Gasteiger partial charge in [-0.2, -0.15) is 0 Å². The van der Waals surface area contributed by atoms with E-state index < -0.39 is 11.6 Å². The van der Waals surface area contributed by atoms with Gasteiger partial charge in [-0.15, -0.1) is 0 Å². The summed E-state index contributed by atoms with van der Waals surface area (Å²) in [7, 11) is 0. The Morgan fingerprint density at radius 2 is 2.00 bits per heavy atom. The molecule has 1 aromatic carbocycles. The van der Waals surface area contributed by atoms with E-state index in [1.807, 2.05) is 0 Å². The highest BCUT2D eigenvalue weighted by Gasteiger charge is 2.29. The van der Waals surface area contributed by atoms with E-state index in [0.717, 1.165) is 12.8 Å². The maximum absolute atomic E-state index is 13.7. The molecule has 100 valence electrons. The smallest absolute Gasteiger partial charge is 0.128 e. The lowest BCUT2D eigenvalue weighted by molar-refractivity contribution is 0.145. The van der Waals surface area contributed by atoms with Gasteiger partial charge in [0.15, 0.2) is 0 Å². The molecule has 2 nitrogen and oxygen atoms in total. The maximum Gasteiger partial charge on any atom is 0.128 e. The quantitative estimate of drug-likeness (QED) is 0.848. The predicted molar refractivity (Wildman–Crippen MR) is 66.2 cm³/mol. The van der Waals surface area contributed by atoms with Crippen LogP contribution in [0, 0.1) is 24.5 Å². The summed E-state index contributed by atoms with van der Waals surface area (Å²) < 4.78 is 27.1. The Balaban J connectivity index is 1.99. The molecule has 2 rings (SSSR count). The van der Waals surface area contributed by atoms with Gasteiger partial charge in [-0.1, -0.05) is 0 Å². The van der Waals surface area contributed by atoms with Crippen molar-refractivity contribution in [2.45, 2.75) is 38.8 Å². The molecule has 0 aromatic heterocycles. The van der Waals surface area contributed by atoms with Crippen LogP contribution in [0.4, 0.5) is 8.78 Å². The second-order valence-electron chi connectivity index (χ2n) is 5.16. The van der Waals surface area contributed by atoms with E-state index in [0.29, 0.717) is 23.6 Å². The molecule has 1 aromatic rings. The average molecular weight is 255 g/mol. The Bertz CT molecular complexity index is 432. The molecule has 0 aliphatic heterocycles. The first kappa shape index (κ1) is 13.4. The molecule has 1 aliphatic rings. The summed E-state index contributed by atoms with van der Waals surface area (Å²) in [6, 6.07) is 2.12. The van der Waals surface area contributed by atoms with E-state index in [9.17, 15) is 13.9 Å². The minimum absolute atomic E-state index is 0.307. The zero-order valence-electron chi connectivity index (χ0n) is 10.7. The average Bonchev–Trinajstić information content (AvgIpc) is 3.14. The molecular weight excluding hydrogens is 236 g/mol. The van der Waals surface area contributed by atoms with Gasteiger partial charge in [-0.3, -0.25) is 0 Å². The minimum Gasteiger partial charge on any atom is -0.392 e. The molecule has 4 heteroatoms. The van der Waals surface area contributed by atoms with Crippen molar-refractivity contribution in [1.29, 1.82) is 0 Å². The van der Waals surface area contributed by atoms with E-state index in [1.54, 1.807) is 6.92 Å². The fourth-order valence-corrected chi connectivity index (χ4v) is 2.05. The first-order chi connectivity index (χ1) is 8.49. The lowest BCUT2D eigenvalue weighted by atomic mass is 10.0. The number of rotatable bonds is 5. The number of aliphatic hydroxyl groups is 1. The van der Waals surface area contributed by atoms with Crippen LogP contribution in [0.15, 0.2) is 12.1 Å². The van der Waals surface area contributed by atoms with Crippen LogP contribution in [0.5, 0.6) is 0 Å². The standard InChI is InChI=1S/C14H19F2NO/c1-8-5-13(16)11(6-12(8)15)9(2)17-7-14(18)10-3-4-10/h5-6,9-10,14,17-18H,3-4,7H2,1-2H3. The van der Waals surface area contributed by atoms with Gasteiger partial charge in [0.05, 0.1) is 6.10 Å². The molecule has 18 heavy (non-hydrogen) atoms. The number of nitrogens with one attached hydrogen (secondary N) is 1. The van der Waals surface area contributed by atoms with Crippen molar-refractivity contribution in [3.8, 4) is 0 Å². The van der Waals surface area contributed by atoms with Crippen molar-refractivity contribution in [1.82, 2.24) is 5.32 Å². The molecule has 0 radical (unpaired) electrons. The van der Waals surface area contributed by atoms with Crippen LogP contribution >= 0.6 is 0 Å². The number of aryl methyl sites for hydroxylation is 1. The predicted octanol–water partition coefficient (Wildman–Crippen LogP) is 2.69. The van der Waals surface area contributed by atoms with Crippen LogP contribution in [0.25, 0.3) is 0 Å². The van der Waals surface area contributed by atoms with Gasteiger partial charge in [0.2, 0.25) is 0 Å². The highest BCUT2D eigenvalue weighted by atomic mass is 19.1. The Morgan fingerprint density at radius 1 is 1.33 bits per heavy atom. The fourth-order valence-electron chi connectivity index (χ4n) is 2.05. The van der Waals surface area contributed by atoms with E-state index >= 15 is 0 Å². The van der Waals surface area contributed by atoms with Crippen molar-refractivity contribution in [3.63, 3.8) is 0 Å². The van der Waals surface area contributed by atoms with Crippen molar-refractivity contribution >= 4 is 0 Å². The van der Waals surface area contributed by atoms with Gasteiger partial charge in [0, 0.05) is 18.2 Å². The lowest BCUT2D eigenvalue weighted by Gasteiger charge is -2.18. The van der Waals surface area contributed by atoms with Crippen LogP contribution in [-0.2, 0) is 0 Å². The third-order valence-corrected chi connectivity index (χ3v) is 3.54. The first-order valence-corrected chi connectivity index (χ1v) is 6.36. The summed E-state index contributed by atoms with van der Waals surface area (Å²) >= 11 is 0. The van der Waals surface area contributed by atoms with Crippen LogP contribution in [0.2, 0.25) is 0 Å². The van der Waals surface area contributed by atoms with Crippen molar-refractivity contribution in [3.05, 3.63) is 34.9 Å². The molecule has 0 bridgehead atoms. The molecule has 2 N–H and O–H groups in total. The van der Waals surface area contributed by atoms with Crippen LogP contribution in [-0.4, -0.2) is 17.8 Å². The van der Waals surface area contributed by atoms with E-state index in [4.69, 9.17) is 0 Å². The summed E-state index contributed by atoms with van der Waals surface area (Å²) in [5.74, 6) is -0.429. The molecular formula is C14H19F2NO. The molecule has 0 spiro atoms. The van der Waals surface area contributed by atoms with E-state index in [2.05, 4.69) is 5.32 Å². The minimum atomic E-state index is -0.408. The zero-order valence-corrected chi connectivity index (χ0v) is 10.7. The summed E-state index contributed by atoms with van der Waals surface area (Å²) in [5.41, 5.74) is 0.613. The van der Waals surface area contributed by atoms with Crippen molar-refractivity contribution in [2.75, 3.05) is 6.54 Å². The van der Waals surface area contributed by atoms with Crippen LogP contribution in [0.3, 0.4) is 0 Å². The fraction of sp³-hybridized carbons (Fsp3) is 0.571. The Labute approximate surface area is 106 Å². The highest BCUT2D eigenvalue weighted by molar-refractivity contribution is 5.27. The zero-order chi connectivity index (χ0) is 13.3. The Kier molecular flexibility index (Phi) is 3.97. The molecule has 0 saturated heterocycles. The summed E-state index contributed by atoms with van der Waals surface area (Å²) in [6.07, 6.45) is 1.74. The Hall–Kier alpha value is -1.00. The van der Waals surface area contributed by atoms with E-state index in [1.165, 1.54) is 19.1 Å². The molecule has 1 aliphatic carbocycles. The van der Waals surface area contributed by atoms with Gasteiger partial charge in [0.25, 0.3) is 0 Å². The van der Waals surface area contributed by atoms with Gasteiger partial charge in [-0.25, -0.2) is 8.78 Å². The second-order valence-corrected chi connectivity index (χ2v) is 5.16. The molecule has 0 heterocycles. The van der Waals surface area contributed by atoms with Gasteiger partial charge < -0.3 is 10.4 Å². The number of hydrogen-bond donors (Lipinski definition) is 2. The van der Waals surface area contributed by atoms with Crippen molar-refractivity contribution in [2.24, 2.45) is 5.92 Å².